The highest BCUT2D eigenvalue weighted by Gasteiger charge is 2.16. The van der Waals surface area contributed by atoms with Crippen LogP contribution in [0.5, 0.6) is 0 Å². The Kier molecular flexibility index (Phi) is 6.11. The lowest BCUT2D eigenvalue weighted by atomic mass is 10.2. The van der Waals surface area contributed by atoms with E-state index in [0.29, 0.717) is 11.3 Å². The Balaban J connectivity index is 1.77. The molecule has 0 bridgehead atoms. The third kappa shape index (κ3) is 4.87. The lowest BCUT2D eigenvalue weighted by Crippen LogP contribution is -2.13. The van der Waals surface area contributed by atoms with Gasteiger partial charge in [0.15, 0.2) is 0 Å². The number of anilines is 1. The zero-order chi connectivity index (χ0) is 19.2. The van der Waals surface area contributed by atoms with Crippen molar-refractivity contribution in [1.82, 2.24) is 0 Å². The minimum Gasteiger partial charge on any atom is -0.322 e. The highest BCUT2D eigenvalue weighted by atomic mass is 35.5. The predicted octanol–water partition coefficient (Wildman–Crippen LogP) is 5.79. The smallest absolute Gasteiger partial charge is 0.289 e. The van der Waals surface area contributed by atoms with Gasteiger partial charge in [0.25, 0.3) is 11.6 Å². The maximum absolute atomic E-state index is 12.7. The summed E-state index contributed by atoms with van der Waals surface area (Å²) >= 11 is 7.37. The van der Waals surface area contributed by atoms with E-state index in [2.05, 4.69) is 5.32 Å². The Morgan fingerprint density at radius 1 is 1.04 bits per heavy atom. The Hall–Kier alpha value is -2.83. The van der Waals surface area contributed by atoms with Crippen LogP contribution in [0.4, 0.5) is 11.4 Å². The molecule has 1 amide bonds. The van der Waals surface area contributed by atoms with E-state index in [1.807, 2.05) is 42.5 Å². The van der Waals surface area contributed by atoms with E-state index in [0.717, 1.165) is 16.2 Å². The lowest BCUT2D eigenvalue weighted by Gasteiger charge is -2.10. The van der Waals surface area contributed by atoms with Crippen molar-refractivity contribution in [1.29, 1.82) is 0 Å². The lowest BCUT2D eigenvalue weighted by molar-refractivity contribution is -0.384. The van der Waals surface area contributed by atoms with Crippen LogP contribution in [0.15, 0.2) is 77.7 Å². The molecule has 0 heterocycles. The zero-order valence-corrected chi connectivity index (χ0v) is 15.7. The number of hydrogen-bond acceptors (Lipinski definition) is 4. The molecule has 3 aromatic rings. The third-order valence-electron chi connectivity index (χ3n) is 3.77. The Labute approximate surface area is 165 Å². The van der Waals surface area contributed by atoms with Gasteiger partial charge in [-0.15, -0.1) is 11.8 Å². The summed E-state index contributed by atoms with van der Waals surface area (Å²) in [6, 6.07) is 21.4. The normalized spacial score (nSPS) is 10.4. The Morgan fingerprint density at radius 3 is 2.48 bits per heavy atom. The van der Waals surface area contributed by atoms with E-state index in [1.165, 1.54) is 18.2 Å². The first-order valence-corrected chi connectivity index (χ1v) is 9.42. The van der Waals surface area contributed by atoms with Gasteiger partial charge in [-0.05, 0) is 29.8 Å². The highest BCUT2D eigenvalue weighted by Crippen LogP contribution is 2.29. The second kappa shape index (κ2) is 8.70. The molecule has 0 aliphatic heterocycles. The van der Waals surface area contributed by atoms with Gasteiger partial charge in [-0.25, -0.2) is 0 Å². The predicted molar refractivity (Wildman–Crippen MR) is 109 cm³/mol. The monoisotopic (exact) mass is 398 g/mol. The minimum atomic E-state index is -0.582. The minimum absolute atomic E-state index is 0.0248. The van der Waals surface area contributed by atoms with Crippen molar-refractivity contribution < 1.29 is 9.72 Å². The van der Waals surface area contributed by atoms with Crippen LogP contribution in [0.3, 0.4) is 0 Å². The number of amides is 1. The number of benzene rings is 3. The van der Waals surface area contributed by atoms with Gasteiger partial charge < -0.3 is 5.32 Å². The van der Waals surface area contributed by atoms with Gasteiger partial charge in [0.1, 0.15) is 5.02 Å². The number of nitrogens with zero attached hydrogens (tertiary/aromatic N) is 1. The standard InChI is InChI=1S/C20H15ClN2O3S/c21-17-11-10-15(12-18(17)23(25)26)22-20(24)16-8-4-5-9-19(16)27-13-14-6-2-1-3-7-14/h1-12H,13H2,(H,22,24). The molecule has 3 rings (SSSR count). The summed E-state index contributed by atoms with van der Waals surface area (Å²) in [7, 11) is 0. The van der Waals surface area contributed by atoms with Gasteiger partial charge in [0.05, 0.1) is 10.5 Å². The van der Waals surface area contributed by atoms with Gasteiger partial charge in [-0.1, -0.05) is 54.1 Å². The van der Waals surface area contributed by atoms with Gasteiger partial charge in [0, 0.05) is 22.4 Å². The van der Waals surface area contributed by atoms with Gasteiger partial charge >= 0.3 is 0 Å². The van der Waals surface area contributed by atoms with E-state index in [4.69, 9.17) is 11.6 Å². The van der Waals surface area contributed by atoms with Crippen molar-refractivity contribution >= 4 is 40.6 Å². The molecule has 0 aromatic heterocycles. The van der Waals surface area contributed by atoms with Crippen molar-refractivity contribution in [3.63, 3.8) is 0 Å². The Morgan fingerprint density at radius 2 is 1.74 bits per heavy atom. The van der Waals surface area contributed by atoms with E-state index < -0.39 is 4.92 Å². The van der Waals surface area contributed by atoms with Gasteiger partial charge in [-0.2, -0.15) is 0 Å². The maximum atomic E-state index is 12.7. The van der Waals surface area contributed by atoms with Crippen LogP contribution >= 0.6 is 23.4 Å². The molecular formula is C20H15ClN2O3S. The average molecular weight is 399 g/mol. The van der Waals surface area contributed by atoms with Crippen molar-refractivity contribution in [3.8, 4) is 0 Å². The van der Waals surface area contributed by atoms with Crippen LogP contribution in [0, 0.1) is 10.1 Å². The number of nitro groups is 1. The van der Waals surface area contributed by atoms with Gasteiger partial charge in [-0.3, -0.25) is 14.9 Å². The van der Waals surface area contributed by atoms with E-state index in [1.54, 1.807) is 23.9 Å². The molecule has 1 N–H and O–H groups in total. The fourth-order valence-electron chi connectivity index (χ4n) is 2.44. The topological polar surface area (TPSA) is 72.2 Å². The van der Waals surface area contributed by atoms with Crippen LogP contribution in [0.25, 0.3) is 0 Å². The zero-order valence-electron chi connectivity index (χ0n) is 14.1. The molecule has 7 heteroatoms. The fourth-order valence-corrected chi connectivity index (χ4v) is 3.64. The first-order valence-electron chi connectivity index (χ1n) is 8.05. The van der Waals surface area contributed by atoms with Crippen molar-refractivity contribution in [2.24, 2.45) is 0 Å². The highest BCUT2D eigenvalue weighted by molar-refractivity contribution is 7.98. The van der Waals surface area contributed by atoms with E-state index in [-0.39, 0.29) is 16.6 Å². The third-order valence-corrected chi connectivity index (χ3v) is 5.23. The van der Waals surface area contributed by atoms with Crippen LogP contribution in [0.2, 0.25) is 5.02 Å². The summed E-state index contributed by atoms with van der Waals surface area (Å²) in [5, 5.41) is 13.7. The number of thioether (sulfide) groups is 1. The molecular weight excluding hydrogens is 384 g/mol. The number of nitro benzene ring substituents is 1. The summed E-state index contributed by atoms with van der Waals surface area (Å²) in [4.78, 5) is 23.9. The number of nitrogens with one attached hydrogen (secondary N) is 1. The second-order valence-corrected chi connectivity index (χ2v) is 7.07. The second-order valence-electron chi connectivity index (χ2n) is 5.65. The van der Waals surface area contributed by atoms with Gasteiger partial charge in [0.2, 0.25) is 0 Å². The molecule has 0 spiro atoms. The maximum Gasteiger partial charge on any atom is 0.289 e. The molecule has 0 fully saturated rings. The fraction of sp³-hybridized carbons (Fsp3) is 0.0500. The van der Waals surface area contributed by atoms with E-state index >= 15 is 0 Å². The molecule has 0 saturated heterocycles. The molecule has 5 nitrogen and oxygen atoms in total. The number of rotatable bonds is 6. The number of carbonyl (C=O) groups excluding carboxylic acids is 1. The number of halogens is 1. The average Bonchev–Trinajstić information content (AvgIpc) is 2.68. The van der Waals surface area contributed by atoms with Crippen LogP contribution < -0.4 is 5.32 Å². The molecule has 0 unspecified atom stereocenters. The molecule has 3 aromatic carbocycles. The largest absolute Gasteiger partial charge is 0.322 e. The van der Waals surface area contributed by atoms with Crippen LogP contribution in [-0.2, 0) is 5.75 Å². The summed E-state index contributed by atoms with van der Waals surface area (Å²) in [6.45, 7) is 0. The van der Waals surface area contributed by atoms with Crippen molar-refractivity contribution in [3.05, 3.63) is 99.1 Å². The Bertz CT molecular complexity index is 980. The molecule has 0 aliphatic carbocycles. The summed E-state index contributed by atoms with van der Waals surface area (Å²) in [5.74, 6) is 0.403. The molecule has 0 atom stereocenters. The summed E-state index contributed by atoms with van der Waals surface area (Å²) in [5.41, 5.74) is 1.74. The molecule has 0 radical (unpaired) electrons. The summed E-state index contributed by atoms with van der Waals surface area (Å²) < 4.78 is 0. The molecule has 0 aliphatic rings. The van der Waals surface area contributed by atoms with Crippen molar-refractivity contribution in [2.75, 3.05) is 5.32 Å². The first kappa shape index (κ1) is 18.9. The quantitative estimate of drug-likeness (QED) is 0.324. The molecule has 27 heavy (non-hydrogen) atoms. The summed E-state index contributed by atoms with van der Waals surface area (Å²) in [6.07, 6.45) is 0. The number of hydrogen-bond donors (Lipinski definition) is 1. The SMILES string of the molecule is O=C(Nc1ccc(Cl)c([N+](=O)[O-])c1)c1ccccc1SCc1ccccc1. The molecule has 0 saturated carbocycles. The van der Waals surface area contributed by atoms with E-state index in [9.17, 15) is 14.9 Å². The first-order chi connectivity index (χ1) is 13.0. The number of carbonyl (C=O) groups is 1. The van der Waals surface area contributed by atoms with Crippen molar-refractivity contribution in [2.45, 2.75) is 10.6 Å². The van der Waals surface area contributed by atoms with Crippen LogP contribution in [-0.4, -0.2) is 10.8 Å². The molecule has 136 valence electrons. The van der Waals surface area contributed by atoms with Crippen LogP contribution in [0.1, 0.15) is 15.9 Å².